The van der Waals surface area contributed by atoms with Gasteiger partial charge in [-0.3, -0.25) is 4.98 Å². The Labute approximate surface area is 82.5 Å². The van der Waals surface area contributed by atoms with Crippen molar-refractivity contribution < 1.29 is 14.6 Å². The molecule has 0 aliphatic heterocycles. The summed E-state index contributed by atoms with van der Waals surface area (Å²) in [6.45, 7) is 3.92. The molecule has 0 amide bonds. The Balaban J connectivity index is 2.78. The fourth-order valence-electron chi connectivity index (χ4n) is 0.916. The zero-order valence-electron chi connectivity index (χ0n) is 8.23. The third-order valence-corrected chi connectivity index (χ3v) is 1.87. The van der Waals surface area contributed by atoms with Crippen molar-refractivity contribution in [2.24, 2.45) is 0 Å². The van der Waals surface area contributed by atoms with Gasteiger partial charge in [-0.15, -0.1) is 0 Å². The summed E-state index contributed by atoms with van der Waals surface area (Å²) in [5.41, 5.74) is 0.144. The van der Waals surface area contributed by atoms with Crippen LogP contribution in [0.3, 0.4) is 0 Å². The Kier molecular flexibility index (Phi) is 3.45. The second-order valence-corrected chi connectivity index (χ2v) is 3.05. The van der Waals surface area contributed by atoms with E-state index in [0.717, 1.165) is 6.42 Å². The Morgan fingerprint density at radius 3 is 2.93 bits per heavy atom. The molecule has 1 aromatic heterocycles. The Bertz CT molecular complexity index is 325. The molecular formula is C10H13NO3. The zero-order valence-corrected chi connectivity index (χ0v) is 8.23. The normalized spacial score (nSPS) is 12.1. The maximum atomic E-state index is 10.6. The van der Waals surface area contributed by atoms with Crippen LogP contribution in [0.5, 0.6) is 5.75 Å². The van der Waals surface area contributed by atoms with Gasteiger partial charge in [0.15, 0.2) is 0 Å². The summed E-state index contributed by atoms with van der Waals surface area (Å²) in [4.78, 5) is 14.4. The lowest BCUT2D eigenvalue weighted by molar-refractivity contribution is 0.0695. The van der Waals surface area contributed by atoms with E-state index in [0.29, 0.717) is 5.75 Å². The van der Waals surface area contributed by atoms with Gasteiger partial charge in [0.25, 0.3) is 0 Å². The van der Waals surface area contributed by atoms with Crippen LogP contribution in [-0.2, 0) is 0 Å². The molecule has 0 saturated carbocycles. The maximum Gasteiger partial charge on any atom is 0.337 e. The smallest absolute Gasteiger partial charge is 0.337 e. The van der Waals surface area contributed by atoms with Crippen molar-refractivity contribution in [3.8, 4) is 5.75 Å². The van der Waals surface area contributed by atoms with Gasteiger partial charge in [0.2, 0.25) is 0 Å². The molecule has 0 aliphatic rings. The van der Waals surface area contributed by atoms with E-state index in [2.05, 4.69) is 4.98 Å². The lowest BCUT2D eigenvalue weighted by atomic mass is 10.2. The maximum absolute atomic E-state index is 10.6. The van der Waals surface area contributed by atoms with Crippen molar-refractivity contribution >= 4 is 5.97 Å². The topological polar surface area (TPSA) is 59.4 Å². The van der Waals surface area contributed by atoms with E-state index in [4.69, 9.17) is 9.84 Å². The number of aromatic nitrogens is 1. The van der Waals surface area contributed by atoms with Crippen LogP contribution in [0, 0.1) is 0 Å². The molecule has 0 spiro atoms. The molecule has 0 fully saturated rings. The number of ether oxygens (including phenoxy) is 1. The molecule has 1 heterocycles. The van der Waals surface area contributed by atoms with Crippen molar-refractivity contribution in [3.05, 3.63) is 24.0 Å². The lowest BCUT2D eigenvalue weighted by Gasteiger charge is -2.11. The highest BCUT2D eigenvalue weighted by Crippen LogP contribution is 2.13. The molecular weight excluding hydrogens is 182 g/mol. The fourth-order valence-corrected chi connectivity index (χ4v) is 0.916. The highest BCUT2D eigenvalue weighted by molar-refractivity contribution is 5.87. The van der Waals surface area contributed by atoms with E-state index in [9.17, 15) is 4.79 Å². The Morgan fingerprint density at radius 2 is 2.36 bits per heavy atom. The number of aromatic carboxylic acids is 1. The quantitative estimate of drug-likeness (QED) is 0.797. The van der Waals surface area contributed by atoms with Crippen molar-refractivity contribution in [3.63, 3.8) is 0 Å². The van der Waals surface area contributed by atoms with E-state index in [-0.39, 0.29) is 11.7 Å². The molecule has 1 unspecified atom stereocenters. The van der Waals surface area contributed by atoms with Gasteiger partial charge in [-0.2, -0.15) is 0 Å². The van der Waals surface area contributed by atoms with Crippen LogP contribution in [0.25, 0.3) is 0 Å². The van der Waals surface area contributed by atoms with Crippen LogP contribution in [-0.4, -0.2) is 22.2 Å². The van der Waals surface area contributed by atoms with Gasteiger partial charge >= 0.3 is 5.97 Å². The average molecular weight is 195 g/mol. The fraction of sp³-hybridized carbons (Fsp3) is 0.400. The summed E-state index contributed by atoms with van der Waals surface area (Å²) < 4.78 is 5.43. The molecule has 4 nitrogen and oxygen atoms in total. The Morgan fingerprint density at radius 1 is 1.64 bits per heavy atom. The number of carboxylic acid groups (broad SMARTS) is 1. The number of hydrogen-bond donors (Lipinski definition) is 1. The predicted molar refractivity (Wildman–Crippen MR) is 51.6 cm³/mol. The number of hydrogen-bond acceptors (Lipinski definition) is 3. The Hall–Kier alpha value is -1.58. The first-order valence-corrected chi connectivity index (χ1v) is 4.48. The lowest BCUT2D eigenvalue weighted by Crippen LogP contribution is -2.10. The van der Waals surface area contributed by atoms with Gasteiger partial charge in [-0.25, -0.2) is 4.79 Å². The van der Waals surface area contributed by atoms with Gasteiger partial charge in [-0.05, 0) is 19.4 Å². The van der Waals surface area contributed by atoms with Crippen LogP contribution >= 0.6 is 0 Å². The molecule has 0 radical (unpaired) electrons. The van der Waals surface area contributed by atoms with Gasteiger partial charge in [0.1, 0.15) is 5.75 Å². The highest BCUT2D eigenvalue weighted by atomic mass is 16.5. The standard InChI is InChI=1S/C10H13NO3/c1-3-7(2)14-9-4-8(10(12)13)5-11-6-9/h4-7H,3H2,1-2H3,(H,12,13). The molecule has 0 saturated heterocycles. The van der Waals surface area contributed by atoms with E-state index in [1.54, 1.807) is 0 Å². The van der Waals surface area contributed by atoms with E-state index >= 15 is 0 Å². The molecule has 1 aromatic rings. The van der Waals surface area contributed by atoms with Crippen molar-refractivity contribution in [1.82, 2.24) is 4.98 Å². The van der Waals surface area contributed by atoms with Crippen molar-refractivity contribution in [1.29, 1.82) is 0 Å². The summed E-state index contributed by atoms with van der Waals surface area (Å²) in [5.74, 6) is -0.494. The van der Waals surface area contributed by atoms with E-state index < -0.39 is 5.97 Å². The molecule has 76 valence electrons. The minimum Gasteiger partial charge on any atom is -0.489 e. The summed E-state index contributed by atoms with van der Waals surface area (Å²) in [5, 5.41) is 8.71. The minimum absolute atomic E-state index is 0.0702. The molecule has 14 heavy (non-hydrogen) atoms. The van der Waals surface area contributed by atoms with Gasteiger partial charge in [-0.1, -0.05) is 6.92 Å². The van der Waals surface area contributed by atoms with Crippen LogP contribution in [0.15, 0.2) is 18.5 Å². The molecule has 1 atom stereocenters. The first kappa shape index (κ1) is 10.5. The largest absolute Gasteiger partial charge is 0.489 e. The monoisotopic (exact) mass is 195 g/mol. The van der Waals surface area contributed by atoms with Gasteiger partial charge in [0.05, 0.1) is 17.9 Å². The third-order valence-electron chi connectivity index (χ3n) is 1.87. The van der Waals surface area contributed by atoms with E-state index in [1.165, 1.54) is 18.5 Å². The van der Waals surface area contributed by atoms with Crippen LogP contribution in [0.2, 0.25) is 0 Å². The van der Waals surface area contributed by atoms with Crippen molar-refractivity contribution in [2.75, 3.05) is 0 Å². The molecule has 0 bridgehead atoms. The number of carbonyl (C=O) groups is 1. The second-order valence-electron chi connectivity index (χ2n) is 3.05. The minimum atomic E-state index is -0.993. The molecule has 4 heteroatoms. The zero-order chi connectivity index (χ0) is 10.6. The summed E-state index contributed by atoms with van der Waals surface area (Å²) in [6.07, 6.45) is 3.75. The number of carboxylic acids is 1. The van der Waals surface area contributed by atoms with Gasteiger partial charge in [0, 0.05) is 6.20 Å². The summed E-state index contributed by atoms with van der Waals surface area (Å²) in [7, 11) is 0. The van der Waals surface area contributed by atoms with Gasteiger partial charge < -0.3 is 9.84 Å². The first-order valence-electron chi connectivity index (χ1n) is 4.48. The molecule has 0 aromatic carbocycles. The highest BCUT2D eigenvalue weighted by Gasteiger charge is 2.06. The number of nitrogens with zero attached hydrogens (tertiary/aromatic N) is 1. The van der Waals surface area contributed by atoms with E-state index in [1.807, 2.05) is 13.8 Å². The number of rotatable bonds is 4. The second kappa shape index (κ2) is 4.60. The predicted octanol–water partition coefficient (Wildman–Crippen LogP) is 1.96. The van der Waals surface area contributed by atoms with Crippen LogP contribution in [0.1, 0.15) is 30.6 Å². The third kappa shape index (κ3) is 2.73. The van der Waals surface area contributed by atoms with Crippen LogP contribution in [0.4, 0.5) is 0 Å². The van der Waals surface area contributed by atoms with Crippen molar-refractivity contribution in [2.45, 2.75) is 26.4 Å². The summed E-state index contributed by atoms with van der Waals surface area (Å²) >= 11 is 0. The molecule has 1 N–H and O–H groups in total. The number of pyridine rings is 1. The molecule has 0 aliphatic carbocycles. The summed E-state index contributed by atoms with van der Waals surface area (Å²) in [6, 6.07) is 1.47. The SMILES string of the molecule is CCC(C)Oc1cncc(C(=O)O)c1. The average Bonchev–Trinajstić information content (AvgIpc) is 2.18. The van der Waals surface area contributed by atoms with Crippen LogP contribution < -0.4 is 4.74 Å². The molecule has 1 rings (SSSR count). The first-order chi connectivity index (χ1) is 6.63.